The zero-order valence-electron chi connectivity index (χ0n) is 26.4. The van der Waals surface area contributed by atoms with Gasteiger partial charge in [-0.15, -0.1) is 0 Å². The summed E-state index contributed by atoms with van der Waals surface area (Å²) in [5.74, 6) is -2.04. The number of urea groups is 1. The number of amides is 5. The van der Waals surface area contributed by atoms with Crippen LogP contribution in [0.15, 0.2) is 71.6 Å². The number of primary amides is 1. The van der Waals surface area contributed by atoms with Gasteiger partial charge in [0.2, 0.25) is 11.8 Å². The molecule has 256 valence electrons. The van der Waals surface area contributed by atoms with Crippen LogP contribution in [0, 0.1) is 5.92 Å². The summed E-state index contributed by atoms with van der Waals surface area (Å²) in [4.78, 5) is 50.4. The number of hydrogen-bond acceptors (Lipinski definition) is 8. The first-order valence-corrected chi connectivity index (χ1v) is 16.7. The van der Waals surface area contributed by atoms with E-state index < -0.39 is 63.6 Å². The van der Waals surface area contributed by atoms with E-state index in [2.05, 4.69) is 21.3 Å². The Labute approximate surface area is 278 Å². The SMILES string of the molecule is CC(C)C(NC(=O)OCC1c2ccccc2-c2ccccc21)C(=O)N[C@@H](CCCNC(N)=O)C(=O)Nc1ccc(CO)c(S(=O)(=O)O)c1. The average molecular weight is 682 g/mol. The highest BCUT2D eigenvalue weighted by molar-refractivity contribution is 7.85. The molecule has 0 saturated heterocycles. The van der Waals surface area contributed by atoms with Gasteiger partial charge in [0.15, 0.2) is 0 Å². The molecule has 0 aromatic heterocycles. The highest BCUT2D eigenvalue weighted by Crippen LogP contribution is 2.44. The molecule has 1 aliphatic carbocycles. The van der Waals surface area contributed by atoms with Crippen molar-refractivity contribution in [2.75, 3.05) is 18.5 Å². The van der Waals surface area contributed by atoms with E-state index in [1.54, 1.807) is 13.8 Å². The Bertz CT molecular complexity index is 1730. The molecule has 0 fully saturated rings. The lowest BCUT2D eigenvalue weighted by atomic mass is 9.98. The molecule has 0 radical (unpaired) electrons. The lowest BCUT2D eigenvalue weighted by Gasteiger charge is -2.25. The highest BCUT2D eigenvalue weighted by atomic mass is 32.2. The molecule has 5 amide bonds. The zero-order chi connectivity index (χ0) is 35.0. The molecule has 0 bridgehead atoms. The number of hydrogen-bond donors (Lipinski definition) is 7. The van der Waals surface area contributed by atoms with Gasteiger partial charge in [0.25, 0.3) is 10.1 Å². The monoisotopic (exact) mass is 681 g/mol. The molecular weight excluding hydrogens is 642 g/mol. The van der Waals surface area contributed by atoms with E-state index in [-0.39, 0.29) is 43.2 Å². The number of rotatable bonds is 14. The van der Waals surface area contributed by atoms with Gasteiger partial charge in [0.1, 0.15) is 23.6 Å². The summed E-state index contributed by atoms with van der Waals surface area (Å²) in [5.41, 5.74) is 9.18. The van der Waals surface area contributed by atoms with Crippen molar-refractivity contribution in [1.29, 1.82) is 0 Å². The van der Waals surface area contributed by atoms with Crippen molar-refractivity contribution in [2.24, 2.45) is 11.7 Å². The maximum Gasteiger partial charge on any atom is 0.407 e. The summed E-state index contributed by atoms with van der Waals surface area (Å²) in [6.07, 6.45) is -0.584. The molecule has 8 N–H and O–H groups in total. The first-order chi connectivity index (χ1) is 22.8. The van der Waals surface area contributed by atoms with Gasteiger partial charge in [0.05, 0.1) is 6.61 Å². The van der Waals surface area contributed by atoms with Crippen molar-refractivity contribution in [2.45, 2.75) is 56.2 Å². The van der Waals surface area contributed by atoms with Gasteiger partial charge in [-0.3, -0.25) is 14.1 Å². The molecule has 1 unspecified atom stereocenters. The van der Waals surface area contributed by atoms with Crippen molar-refractivity contribution in [3.63, 3.8) is 0 Å². The Kier molecular flexibility index (Phi) is 11.8. The Balaban J connectivity index is 1.45. The first-order valence-electron chi connectivity index (χ1n) is 15.3. The third-order valence-corrected chi connectivity index (χ3v) is 8.89. The second-order valence-electron chi connectivity index (χ2n) is 11.6. The molecule has 1 aliphatic rings. The molecule has 0 heterocycles. The number of ether oxygens (including phenoxy) is 1. The Morgan fingerprint density at radius 3 is 2.10 bits per heavy atom. The van der Waals surface area contributed by atoms with Crippen LogP contribution >= 0.6 is 0 Å². The summed E-state index contributed by atoms with van der Waals surface area (Å²) >= 11 is 0. The molecule has 48 heavy (non-hydrogen) atoms. The first kappa shape index (κ1) is 35.9. The second kappa shape index (κ2) is 15.7. The molecule has 0 saturated carbocycles. The van der Waals surface area contributed by atoms with E-state index in [1.807, 2.05) is 48.5 Å². The van der Waals surface area contributed by atoms with E-state index in [1.165, 1.54) is 12.1 Å². The number of carbonyl (C=O) groups excluding carboxylic acids is 4. The third kappa shape index (κ3) is 8.87. The van der Waals surface area contributed by atoms with Crippen LogP contribution in [0.3, 0.4) is 0 Å². The van der Waals surface area contributed by atoms with Crippen LogP contribution in [0.5, 0.6) is 0 Å². The number of aliphatic hydroxyl groups is 1. The number of fused-ring (bicyclic) bond motifs is 3. The van der Waals surface area contributed by atoms with Crippen molar-refractivity contribution in [3.05, 3.63) is 83.4 Å². The van der Waals surface area contributed by atoms with Crippen LogP contribution in [-0.2, 0) is 31.1 Å². The van der Waals surface area contributed by atoms with Gasteiger partial charge in [0, 0.05) is 18.2 Å². The Hall–Kier alpha value is -4.99. The summed E-state index contributed by atoms with van der Waals surface area (Å²) in [6, 6.07) is 16.2. The minimum atomic E-state index is -4.73. The van der Waals surface area contributed by atoms with Crippen LogP contribution in [0.2, 0.25) is 0 Å². The maximum absolute atomic E-state index is 13.5. The number of aliphatic hydroxyl groups excluding tert-OH is 1. The van der Waals surface area contributed by atoms with Gasteiger partial charge < -0.3 is 36.8 Å². The van der Waals surface area contributed by atoms with Gasteiger partial charge in [-0.2, -0.15) is 8.42 Å². The lowest BCUT2D eigenvalue weighted by Crippen LogP contribution is -2.54. The number of nitrogens with one attached hydrogen (secondary N) is 4. The molecule has 0 aliphatic heterocycles. The van der Waals surface area contributed by atoms with Crippen LogP contribution in [-0.4, -0.2) is 67.3 Å². The molecule has 2 atom stereocenters. The number of anilines is 1. The molecule has 15 heteroatoms. The van der Waals surface area contributed by atoms with Crippen molar-refractivity contribution in [1.82, 2.24) is 16.0 Å². The Morgan fingerprint density at radius 2 is 1.54 bits per heavy atom. The molecule has 3 aromatic rings. The van der Waals surface area contributed by atoms with Gasteiger partial charge in [-0.1, -0.05) is 68.4 Å². The summed E-state index contributed by atoms with van der Waals surface area (Å²) < 4.78 is 38.8. The Morgan fingerprint density at radius 1 is 0.917 bits per heavy atom. The van der Waals surface area contributed by atoms with Crippen LogP contribution in [0.1, 0.15) is 49.3 Å². The number of carbonyl (C=O) groups is 4. The molecular formula is C33H39N5O9S. The highest BCUT2D eigenvalue weighted by Gasteiger charge is 2.32. The summed E-state index contributed by atoms with van der Waals surface area (Å²) in [6.45, 7) is 2.87. The van der Waals surface area contributed by atoms with E-state index >= 15 is 0 Å². The summed E-state index contributed by atoms with van der Waals surface area (Å²) in [7, 11) is -4.73. The fraction of sp³-hybridized carbons (Fsp3) is 0.333. The largest absolute Gasteiger partial charge is 0.449 e. The van der Waals surface area contributed by atoms with E-state index in [9.17, 15) is 37.3 Å². The molecule has 0 spiro atoms. The zero-order valence-corrected chi connectivity index (χ0v) is 27.3. The van der Waals surface area contributed by atoms with Gasteiger partial charge in [-0.05, 0) is 58.7 Å². The number of alkyl carbamates (subject to hydrolysis) is 1. The van der Waals surface area contributed by atoms with Crippen molar-refractivity contribution < 1.29 is 42.0 Å². The van der Waals surface area contributed by atoms with Crippen LogP contribution < -0.4 is 27.0 Å². The topological polar surface area (TPSA) is 226 Å². The third-order valence-electron chi connectivity index (χ3n) is 7.95. The van der Waals surface area contributed by atoms with Crippen LogP contribution in [0.25, 0.3) is 11.1 Å². The van der Waals surface area contributed by atoms with Gasteiger partial charge in [-0.25, -0.2) is 9.59 Å². The number of benzene rings is 3. The predicted octanol–water partition coefficient (Wildman–Crippen LogP) is 2.86. The minimum absolute atomic E-state index is 0.0213. The second-order valence-corrected chi connectivity index (χ2v) is 13.0. The van der Waals surface area contributed by atoms with Crippen molar-refractivity contribution >= 4 is 39.7 Å². The quantitative estimate of drug-likeness (QED) is 0.0979. The van der Waals surface area contributed by atoms with E-state index in [0.717, 1.165) is 28.3 Å². The van der Waals surface area contributed by atoms with Crippen LogP contribution in [0.4, 0.5) is 15.3 Å². The fourth-order valence-corrected chi connectivity index (χ4v) is 6.32. The number of nitrogens with two attached hydrogens (primary N) is 1. The molecule has 4 rings (SSSR count). The normalized spacial score (nSPS) is 13.5. The smallest absolute Gasteiger partial charge is 0.407 e. The van der Waals surface area contributed by atoms with Crippen molar-refractivity contribution in [3.8, 4) is 11.1 Å². The lowest BCUT2D eigenvalue weighted by molar-refractivity contribution is -0.128. The molecule has 3 aromatic carbocycles. The predicted molar refractivity (Wildman–Crippen MR) is 176 cm³/mol. The fourth-order valence-electron chi connectivity index (χ4n) is 5.58. The maximum atomic E-state index is 13.5. The van der Waals surface area contributed by atoms with E-state index in [4.69, 9.17) is 10.5 Å². The average Bonchev–Trinajstić information content (AvgIpc) is 3.36. The van der Waals surface area contributed by atoms with Gasteiger partial charge >= 0.3 is 12.1 Å². The summed E-state index contributed by atoms with van der Waals surface area (Å²) in [5, 5.41) is 19.6. The molecule has 14 nitrogen and oxygen atoms in total. The minimum Gasteiger partial charge on any atom is -0.449 e. The van der Waals surface area contributed by atoms with E-state index in [0.29, 0.717) is 0 Å². The standard InChI is InChI=1S/C33H39N5O9S/c1-19(2)29(38-33(43)47-18-26-24-10-5-3-8-22(24)23-9-4-6-11-25(23)26)31(41)37-27(12-7-15-35-32(34)42)30(40)36-21-14-13-20(17-39)28(16-21)48(44,45)46/h3-6,8-11,13-14,16,19,26-27,29,39H,7,12,15,17-18H2,1-2H3,(H,36,40)(H,37,41)(H,38,43)(H3,34,35,42)(H,44,45,46)/t27-,29?/m0/s1.